The molecule has 19 heavy (non-hydrogen) atoms. The molecule has 0 aliphatic rings. The second kappa shape index (κ2) is 5.27. The van der Waals surface area contributed by atoms with Gasteiger partial charge in [-0.25, -0.2) is 14.3 Å². The van der Waals surface area contributed by atoms with Gasteiger partial charge in [-0.3, -0.25) is 9.98 Å². The van der Waals surface area contributed by atoms with E-state index < -0.39 is 5.82 Å². The highest BCUT2D eigenvalue weighted by molar-refractivity contribution is 7.99. The minimum absolute atomic E-state index is 0.233. The van der Waals surface area contributed by atoms with E-state index in [4.69, 9.17) is 11.1 Å². The highest BCUT2D eigenvalue weighted by Gasteiger charge is 2.13. The Morgan fingerprint density at radius 1 is 1.63 bits per heavy atom. The number of rotatable bonds is 4. The van der Waals surface area contributed by atoms with Crippen LogP contribution in [0.25, 0.3) is 0 Å². The number of amidine groups is 1. The largest absolute Gasteiger partial charge is 0.384 e. The summed E-state index contributed by atoms with van der Waals surface area (Å²) in [5.41, 5.74) is 5.39. The van der Waals surface area contributed by atoms with E-state index in [0.29, 0.717) is 16.6 Å². The summed E-state index contributed by atoms with van der Waals surface area (Å²) >= 11 is 1.16. The van der Waals surface area contributed by atoms with Crippen molar-refractivity contribution in [3.05, 3.63) is 40.1 Å². The third kappa shape index (κ3) is 2.68. The normalized spacial score (nSPS) is 10.6. The van der Waals surface area contributed by atoms with Crippen molar-refractivity contribution in [3.63, 3.8) is 0 Å². The average Bonchev–Trinajstić information content (AvgIpc) is 2.71. The van der Waals surface area contributed by atoms with E-state index in [1.54, 1.807) is 0 Å². The molecule has 0 saturated carbocycles. The average molecular weight is 281 g/mol. The van der Waals surface area contributed by atoms with Gasteiger partial charge in [0.1, 0.15) is 11.7 Å². The fraction of sp³-hybridized carbons (Fsp3) is 0.182. The van der Waals surface area contributed by atoms with Crippen molar-refractivity contribution in [1.82, 2.24) is 14.8 Å². The van der Waals surface area contributed by atoms with Gasteiger partial charge in [-0.05, 0) is 36.9 Å². The van der Waals surface area contributed by atoms with Crippen molar-refractivity contribution in [3.8, 4) is 0 Å². The Labute approximate surface area is 112 Å². The van der Waals surface area contributed by atoms with Crippen molar-refractivity contribution >= 4 is 17.6 Å². The van der Waals surface area contributed by atoms with E-state index in [1.165, 1.54) is 22.8 Å². The van der Waals surface area contributed by atoms with Crippen LogP contribution in [0.2, 0.25) is 0 Å². The van der Waals surface area contributed by atoms with E-state index in [2.05, 4.69) is 10.2 Å². The number of aromatic nitrogens is 3. The van der Waals surface area contributed by atoms with Crippen molar-refractivity contribution in [2.75, 3.05) is 0 Å². The second-order valence-electron chi connectivity index (χ2n) is 3.71. The number of aromatic amines is 1. The van der Waals surface area contributed by atoms with Gasteiger partial charge >= 0.3 is 5.69 Å². The molecule has 0 spiro atoms. The zero-order chi connectivity index (χ0) is 14.0. The molecule has 2 aromatic rings. The fourth-order valence-electron chi connectivity index (χ4n) is 1.56. The molecule has 1 aromatic carbocycles. The quantitative estimate of drug-likeness (QED) is 0.578. The molecule has 4 N–H and O–H groups in total. The molecule has 0 unspecified atom stereocenters. The van der Waals surface area contributed by atoms with Gasteiger partial charge in [0.15, 0.2) is 5.16 Å². The van der Waals surface area contributed by atoms with E-state index >= 15 is 0 Å². The number of benzene rings is 1. The SMILES string of the molecule is CCn1c(Sc2ccc(F)cc2C(=N)N)n[nH]c1=O. The summed E-state index contributed by atoms with van der Waals surface area (Å²) in [4.78, 5) is 12.0. The van der Waals surface area contributed by atoms with E-state index in [9.17, 15) is 9.18 Å². The monoisotopic (exact) mass is 281 g/mol. The van der Waals surface area contributed by atoms with Crippen LogP contribution in [0.3, 0.4) is 0 Å². The summed E-state index contributed by atoms with van der Waals surface area (Å²) in [7, 11) is 0. The summed E-state index contributed by atoms with van der Waals surface area (Å²) in [5, 5.41) is 14.1. The highest BCUT2D eigenvalue weighted by atomic mass is 32.2. The molecule has 0 bridgehead atoms. The summed E-state index contributed by atoms with van der Waals surface area (Å²) in [6, 6.07) is 3.97. The molecule has 0 radical (unpaired) electrons. The van der Waals surface area contributed by atoms with E-state index in [-0.39, 0.29) is 17.1 Å². The first-order chi connectivity index (χ1) is 9.02. The van der Waals surface area contributed by atoms with Gasteiger partial charge in [-0.15, -0.1) is 5.10 Å². The van der Waals surface area contributed by atoms with E-state index in [0.717, 1.165) is 11.8 Å². The summed E-state index contributed by atoms with van der Waals surface area (Å²) < 4.78 is 14.6. The summed E-state index contributed by atoms with van der Waals surface area (Å²) in [6.07, 6.45) is 0. The smallest absolute Gasteiger partial charge is 0.343 e. The second-order valence-corrected chi connectivity index (χ2v) is 4.72. The Morgan fingerprint density at radius 3 is 3.00 bits per heavy atom. The number of hydrogen-bond acceptors (Lipinski definition) is 4. The van der Waals surface area contributed by atoms with Crippen molar-refractivity contribution in [2.24, 2.45) is 5.73 Å². The number of nitrogens with two attached hydrogens (primary N) is 1. The van der Waals surface area contributed by atoms with Crippen LogP contribution >= 0.6 is 11.8 Å². The van der Waals surface area contributed by atoms with Crippen LogP contribution < -0.4 is 11.4 Å². The lowest BCUT2D eigenvalue weighted by atomic mass is 10.2. The molecular formula is C11H12FN5OS. The number of hydrogen-bond donors (Lipinski definition) is 3. The molecule has 0 aliphatic heterocycles. The van der Waals surface area contributed by atoms with Gasteiger partial charge in [0.05, 0.1) is 0 Å². The van der Waals surface area contributed by atoms with Crippen LogP contribution in [-0.2, 0) is 6.54 Å². The Balaban J connectivity index is 2.43. The lowest BCUT2D eigenvalue weighted by Crippen LogP contribution is -2.16. The van der Waals surface area contributed by atoms with Crippen LogP contribution in [0.5, 0.6) is 0 Å². The third-order valence-electron chi connectivity index (χ3n) is 2.47. The molecule has 100 valence electrons. The summed E-state index contributed by atoms with van der Waals surface area (Å²) in [5.74, 6) is -0.701. The molecule has 1 aromatic heterocycles. The van der Waals surface area contributed by atoms with Gasteiger partial charge in [-0.1, -0.05) is 0 Å². The number of H-pyrrole nitrogens is 1. The predicted molar refractivity (Wildman–Crippen MR) is 70.1 cm³/mol. The standard InChI is InChI=1S/C11H12FN5OS/c1-2-17-10(18)15-16-11(17)19-8-4-3-6(12)5-7(8)9(13)14/h3-5H,2H2,1H3,(H3,13,14)(H,15,18). The maximum atomic E-state index is 13.2. The highest BCUT2D eigenvalue weighted by Crippen LogP contribution is 2.28. The molecule has 0 aliphatic carbocycles. The fourth-order valence-corrected chi connectivity index (χ4v) is 2.59. The van der Waals surface area contributed by atoms with Crippen LogP contribution in [-0.4, -0.2) is 20.6 Å². The van der Waals surface area contributed by atoms with Crippen LogP contribution in [0.15, 0.2) is 33.0 Å². The molecular weight excluding hydrogens is 269 g/mol. The molecule has 2 rings (SSSR count). The van der Waals surface area contributed by atoms with Gasteiger partial charge in [0.25, 0.3) is 0 Å². The third-order valence-corrected chi connectivity index (χ3v) is 3.54. The topological polar surface area (TPSA) is 101 Å². The van der Waals surface area contributed by atoms with Gasteiger partial charge in [0, 0.05) is 17.0 Å². The molecule has 0 fully saturated rings. The number of nitrogens with one attached hydrogen (secondary N) is 2. The maximum Gasteiger partial charge on any atom is 0.343 e. The molecule has 8 heteroatoms. The number of halogens is 1. The minimum atomic E-state index is -0.468. The van der Waals surface area contributed by atoms with Crippen molar-refractivity contribution in [1.29, 1.82) is 5.41 Å². The number of nitrogens with zero attached hydrogens (tertiary/aromatic N) is 2. The van der Waals surface area contributed by atoms with E-state index in [1.807, 2.05) is 6.92 Å². The molecule has 6 nitrogen and oxygen atoms in total. The maximum absolute atomic E-state index is 13.2. The minimum Gasteiger partial charge on any atom is -0.384 e. The van der Waals surface area contributed by atoms with Gasteiger partial charge < -0.3 is 5.73 Å². The lowest BCUT2D eigenvalue weighted by Gasteiger charge is -2.07. The molecule has 0 amide bonds. The first-order valence-electron chi connectivity index (χ1n) is 5.50. The zero-order valence-electron chi connectivity index (χ0n) is 10.1. The molecule has 0 atom stereocenters. The molecule has 0 saturated heterocycles. The zero-order valence-corrected chi connectivity index (χ0v) is 10.9. The first kappa shape index (κ1) is 13.3. The first-order valence-corrected chi connectivity index (χ1v) is 6.31. The Hall–Kier alpha value is -2.09. The Kier molecular flexibility index (Phi) is 3.70. The van der Waals surface area contributed by atoms with Gasteiger partial charge in [0.2, 0.25) is 0 Å². The van der Waals surface area contributed by atoms with Gasteiger partial charge in [-0.2, -0.15) is 0 Å². The van der Waals surface area contributed by atoms with Crippen LogP contribution in [0, 0.1) is 11.2 Å². The van der Waals surface area contributed by atoms with Crippen molar-refractivity contribution < 1.29 is 4.39 Å². The Morgan fingerprint density at radius 2 is 2.37 bits per heavy atom. The Bertz CT molecular complexity index is 678. The van der Waals surface area contributed by atoms with Crippen LogP contribution in [0.4, 0.5) is 4.39 Å². The molecule has 1 heterocycles. The summed E-state index contributed by atoms with van der Waals surface area (Å²) in [6.45, 7) is 2.28. The number of nitrogen functional groups attached to an aromatic ring is 1. The van der Waals surface area contributed by atoms with Crippen LogP contribution in [0.1, 0.15) is 12.5 Å². The lowest BCUT2D eigenvalue weighted by molar-refractivity contribution is 0.626. The van der Waals surface area contributed by atoms with Crippen molar-refractivity contribution in [2.45, 2.75) is 23.5 Å². The predicted octanol–water partition coefficient (Wildman–Crippen LogP) is 1.17.